The summed E-state index contributed by atoms with van der Waals surface area (Å²) in [5.74, 6) is -1.55. The van der Waals surface area contributed by atoms with Crippen molar-refractivity contribution in [3.05, 3.63) is 64.8 Å². The molecular formula is C24H20F2N6O3. The van der Waals surface area contributed by atoms with Crippen LogP contribution >= 0.6 is 0 Å². The molecule has 1 aromatic carbocycles. The average molecular weight is 478 g/mol. The first-order chi connectivity index (χ1) is 17.0. The van der Waals surface area contributed by atoms with Gasteiger partial charge in [0.1, 0.15) is 0 Å². The summed E-state index contributed by atoms with van der Waals surface area (Å²) in [6.45, 7) is 0.270. The number of rotatable bonds is 5. The van der Waals surface area contributed by atoms with Gasteiger partial charge in [0.25, 0.3) is 17.7 Å². The Bertz CT molecular complexity index is 1330. The number of aromatic nitrogens is 3. The van der Waals surface area contributed by atoms with Crippen LogP contribution in [0.25, 0.3) is 11.5 Å². The number of pyridine rings is 1. The standard InChI is InChI=1S/C24H20F2N6O3/c25-20(26)23-31-30-22(35-23)14-9-16-18(28-11-14)12-32(24(16)34)19-8-4-3-7-17(19)29-21(33)15-6-2-1-5-13(15)10-27/h1-2,5-6,9,11,17,19-20H,3-4,7-8,12H2,(H,29,33)/t17-,19-/m1/s1. The minimum atomic E-state index is -2.89. The maximum Gasteiger partial charge on any atom is 0.314 e. The Morgan fingerprint density at radius 2 is 2.03 bits per heavy atom. The van der Waals surface area contributed by atoms with Crippen LogP contribution in [-0.2, 0) is 6.54 Å². The minimum Gasteiger partial charge on any atom is -0.415 e. The third kappa shape index (κ3) is 4.23. The van der Waals surface area contributed by atoms with Crippen LogP contribution in [0.5, 0.6) is 0 Å². The lowest BCUT2D eigenvalue weighted by atomic mass is 9.88. The molecule has 3 heterocycles. The highest BCUT2D eigenvalue weighted by Crippen LogP contribution is 2.33. The zero-order valence-electron chi connectivity index (χ0n) is 18.4. The topological polar surface area (TPSA) is 125 Å². The van der Waals surface area contributed by atoms with Crippen LogP contribution in [0.3, 0.4) is 0 Å². The summed E-state index contributed by atoms with van der Waals surface area (Å²) >= 11 is 0. The van der Waals surface area contributed by atoms with Crippen molar-refractivity contribution in [3.63, 3.8) is 0 Å². The molecule has 1 fully saturated rings. The van der Waals surface area contributed by atoms with Crippen LogP contribution in [0.1, 0.15) is 70.0 Å². The molecule has 9 nitrogen and oxygen atoms in total. The largest absolute Gasteiger partial charge is 0.415 e. The smallest absolute Gasteiger partial charge is 0.314 e. The Kier molecular flexibility index (Phi) is 5.94. The predicted octanol–water partition coefficient (Wildman–Crippen LogP) is 3.64. The first-order valence-electron chi connectivity index (χ1n) is 11.2. The number of hydrogen-bond donors (Lipinski definition) is 1. The Labute approximate surface area is 198 Å². The lowest BCUT2D eigenvalue weighted by Gasteiger charge is -2.38. The van der Waals surface area contributed by atoms with Crippen molar-refractivity contribution in [3.8, 4) is 17.5 Å². The molecule has 1 aliphatic heterocycles. The lowest BCUT2D eigenvalue weighted by Crippen LogP contribution is -2.53. The summed E-state index contributed by atoms with van der Waals surface area (Å²) in [4.78, 5) is 32.3. The van der Waals surface area contributed by atoms with Crippen molar-refractivity contribution in [1.82, 2.24) is 25.4 Å². The molecule has 1 N–H and O–H groups in total. The SMILES string of the molecule is N#Cc1ccccc1C(=O)N[C@@H]1CCCC[C@H]1N1Cc2ncc(-c3nnc(C(F)F)o3)cc2C1=O. The number of fused-ring (bicyclic) bond motifs is 1. The second kappa shape index (κ2) is 9.21. The van der Waals surface area contributed by atoms with Gasteiger partial charge < -0.3 is 14.6 Å². The van der Waals surface area contributed by atoms with E-state index in [4.69, 9.17) is 4.42 Å². The lowest BCUT2D eigenvalue weighted by molar-refractivity contribution is 0.0581. The van der Waals surface area contributed by atoms with Crippen LogP contribution in [0, 0.1) is 11.3 Å². The summed E-state index contributed by atoms with van der Waals surface area (Å²) in [6, 6.07) is 9.61. The second-order valence-electron chi connectivity index (χ2n) is 8.49. The third-order valence-corrected chi connectivity index (χ3v) is 6.39. The van der Waals surface area contributed by atoms with E-state index in [0.717, 1.165) is 12.8 Å². The molecule has 1 saturated carbocycles. The van der Waals surface area contributed by atoms with E-state index in [1.165, 1.54) is 12.3 Å². The Hall–Kier alpha value is -4.20. The van der Waals surface area contributed by atoms with Gasteiger partial charge >= 0.3 is 6.43 Å². The molecule has 3 aromatic rings. The Morgan fingerprint density at radius 1 is 1.23 bits per heavy atom. The Balaban J connectivity index is 1.36. The first-order valence-corrected chi connectivity index (χ1v) is 11.2. The number of carbonyl (C=O) groups is 2. The number of halogens is 2. The van der Waals surface area contributed by atoms with Crippen LogP contribution in [0.4, 0.5) is 8.78 Å². The number of nitrogens with zero attached hydrogens (tertiary/aromatic N) is 5. The van der Waals surface area contributed by atoms with Crippen molar-refractivity contribution in [2.75, 3.05) is 0 Å². The molecular weight excluding hydrogens is 458 g/mol. The van der Waals surface area contributed by atoms with Gasteiger partial charge in [-0.05, 0) is 31.0 Å². The van der Waals surface area contributed by atoms with Gasteiger partial charge in [-0.1, -0.05) is 25.0 Å². The highest BCUT2D eigenvalue weighted by molar-refractivity contribution is 5.99. The fourth-order valence-electron chi connectivity index (χ4n) is 4.69. The normalized spacial score (nSPS) is 19.5. The van der Waals surface area contributed by atoms with Crippen molar-refractivity contribution in [1.29, 1.82) is 5.26 Å². The molecule has 1 aliphatic carbocycles. The first kappa shape index (κ1) is 22.6. The molecule has 178 valence electrons. The highest BCUT2D eigenvalue weighted by Gasteiger charge is 2.39. The maximum absolute atomic E-state index is 13.3. The van der Waals surface area contributed by atoms with E-state index in [0.29, 0.717) is 29.7 Å². The van der Waals surface area contributed by atoms with E-state index < -0.39 is 12.3 Å². The molecule has 35 heavy (non-hydrogen) atoms. The zero-order chi connectivity index (χ0) is 24.5. The fourth-order valence-corrected chi connectivity index (χ4v) is 4.69. The molecule has 2 aliphatic rings. The molecule has 5 rings (SSSR count). The van der Waals surface area contributed by atoms with Crippen LogP contribution in [-0.4, -0.2) is 44.0 Å². The van der Waals surface area contributed by atoms with Gasteiger partial charge in [-0.3, -0.25) is 14.6 Å². The summed E-state index contributed by atoms with van der Waals surface area (Å²) in [7, 11) is 0. The molecule has 0 radical (unpaired) electrons. The maximum atomic E-state index is 13.3. The van der Waals surface area contributed by atoms with Gasteiger partial charge in [0, 0.05) is 12.2 Å². The number of carbonyl (C=O) groups excluding carboxylic acids is 2. The summed E-state index contributed by atoms with van der Waals surface area (Å²) in [5.41, 5.74) is 1.75. The summed E-state index contributed by atoms with van der Waals surface area (Å²) in [6.07, 6.45) is 1.73. The van der Waals surface area contributed by atoms with E-state index in [1.807, 2.05) is 6.07 Å². The average Bonchev–Trinajstić information content (AvgIpc) is 3.50. The van der Waals surface area contributed by atoms with Gasteiger partial charge in [-0.15, -0.1) is 10.2 Å². The van der Waals surface area contributed by atoms with Gasteiger partial charge in [0.05, 0.1) is 46.6 Å². The van der Waals surface area contributed by atoms with Gasteiger partial charge in [-0.25, -0.2) is 0 Å². The highest BCUT2D eigenvalue weighted by atomic mass is 19.3. The van der Waals surface area contributed by atoms with Crippen molar-refractivity contribution >= 4 is 11.8 Å². The number of benzene rings is 1. The van der Waals surface area contributed by atoms with Gasteiger partial charge in [-0.2, -0.15) is 14.0 Å². The molecule has 0 bridgehead atoms. The van der Waals surface area contributed by atoms with Gasteiger partial charge in [0.15, 0.2) is 0 Å². The quantitative estimate of drug-likeness (QED) is 0.593. The van der Waals surface area contributed by atoms with E-state index >= 15 is 0 Å². The monoisotopic (exact) mass is 478 g/mol. The summed E-state index contributed by atoms with van der Waals surface area (Å²) < 4.78 is 30.6. The fraction of sp³-hybridized carbons (Fsp3) is 0.333. The molecule has 11 heteroatoms. The van der Waals surface area contributed by atoms with E-state index in [9.17, 15) is 23.6 Å². The number of nitriles is 1. The van der Waals surface area contributed by atoms with Crippen molar-refractivity contribution in [2.24, 2.45) is 0 Å². The molecule has 2 aromatic heterocycles. The Morgan fingerprint density at radius 3 is 2.80 bits per heavy atom. The summed E-state index contributed by atoms with van der Waals surface area (Å²) in [5, 5.41) is 19.3. The second-order valence-corrected chi connectivity index (χ2v) is 8.49. The number of nitrogens with one attached hydrogen (secondary N) is 1. The molecule has 0 spiro atoms. The van der Waals surface area contributed by atoms with Crippen molar-refractivity contribution in [2.45, 2.75) is 50.7 Å². The van der Waals surface area contributed by atoms with Crippen molar-refractivity contribution < 1.29 is 22.8 Å². The molecule has 0 saturated heterocycles. The van der Waals surface area contributed by atoms with E-state index in [2.05, 4.69) is 20.5 Å². The number of hydrogen-bond acceptors (Lipinski definition) is 7. The number of alkyl halides is 2. The molecule has 2 amide bonds. The van der Waals surface area contributed by atoms with Crippen LogP contribution in [0.2, 0.25) is 0 Å². The van der Waals surface area contributed by atoms with Crippen LogP contribution in [0.15, 0.2) is 40.9 Å². The van der Waals surface area contributed by atoms with E-state index in [1.54, 1.807) is 29.2 Å². The molecule has 2 atom stereocenters. The molecule has 0 unspecified atom stereocenters. The zero-order valence-corrected chi connectivity index (χ0v) is 18.4. The van der Waals surface area contributed by atoms with Crippen LogP contribution < -0.4 is 5.32 Å². The number of amides is 2. The minimum absolute atomic E-state index is 0.138. The predicted molar refractivity (Wildman–Crippen MR) is 117 cm³/mol. The van der Waals surface area contributed by atoms with E-state index in [-0.39, 0.29) is 47.5 Å². The van der Waals surface area contributed by atoms with Gasteiger partial charge in [0.2, 0.25) is 5.89 Å². The third-order valence-electron chi connectivity index (χ3n) is 6.39.